The van der Waals surface area contributed by atoms with Gasteiger partial charge in [0.2, 0.25) is 0 Å². The standard InChI is InChI=1S/C15H17N5OS/c1-11(20-6-5-16-10-20)2-4-17-15(21)14-8-13(18-19-14)12-3-7-22-9-12/h3,5-11H,2,4H2,1H3,(H,17,21)(H,18,19). The van der Waals surface area contributed by atoms with Crippen LogP contribution in [-0.4, -0.2) is 32.2 Å². The highest BCUT2D eigenvalue weighted by Gasteiger charge is 2.11. The summed E-state index contributed by atoms with van der Waals surface area (Å²) in [5.74, 6) is -0.133. The van der Waals surface area contributed by atoms with Crippen LogP contribution in [-0.2, 0) is 0 Å². The van der Waals surface area contributed by atoms with Crippen molar-refractivity contribution < 1.29 is 4.79 Å². The van der Waals surface area contributed by atoms with Gasteiger partial charge in [0.15, 0.2) is 0 Å². The molecule has 0 radical (unpaired) electrons. The van der Waals surface area contributed by atoms with Crippen molar-refractivity contribution in [3.63, 3.8) is 0 Å². The summed E-state index contributed by atoms with van der Waals surface area (Å²) in [6, 6.07) is 4.05. The Hall–Kier alpha value is -2.41. The third-order valence-electron chi connectivity index (χ3n) is 3.52. The van der Waals surface area contributed by atoms with E-state index in [2.05, 4.69) is 27.4 Å². The van der Waals surface area contributed by atoms with E-state index >= 15 is 0 Å². The summed E-state index contributed by atoms with van der Waals surface area (Å²) in [5, 5.41) is 13.9. The van der Waals surface area contributed by atoms with Crippen molar-refractivity contribution in [3.8, 4) is 11.3 Å². The second kappa shape index (κ2) is 6.57. The number of carbonyl (C=O) groups is 1. The van der Waals surface area contributed by atoms with Crippen LogP contribution in [0.2, 0.25) is 0 Å². The van der Waals surface area contributed by atoms with Gasteiger partial charge in [-0.3, -0.25) is 9.89 Å². The molecule has 0 aliphatic rings. The van der Waals surface area contributed by atoms with E-state index in [1.54, 1.807) is 29.9 Å². The number of nitrogens with one attached hydrogen (secondary N) is 2. The molecule has 1 unspecified atom stereocenters. The Bertz CT molecular complexity index is 717. The van der Waals surface area contributed by atoms with E-state index in [0.717, 1.165) is 17.7 Å². The number of aromatic nitrogens is 4. The van der Waals surface area contributed by atoms with Crippen LogP contribution in [0, 0.1) is 0 Å². The summed E-state index contributed by atoms with van der Waals surface area (Å²) in [4.78, 5) is 16.1. The molecule has 22 heavy (non-hydrogen) atoms. The average Bonchev–Trinajstić information content (AvgIpc) is 3.26. The Kier molecular flexibility index (Phi) is 4.34. The van der Waals surface area contributed by atoms with E-state index in [9.17, 15) is 4.79 Å². The van der Waals surface area contributed by atoms with Gasteiger partial charge in [-0.15, -0.1) is 0 Å². The second-order valence-corrected chi connectivity index (χ2v) is 5.86. The van der Waals surface area contributed by atoms with Crippen LogP contribution in [0.5, 0.6) is 0 Å². The lowest BCUT2D eigenvalue weighted by atomic mass is 10.2. The van der Waals surface area contributed by atoms with Crippen molar-refractivity contribution in [2.45, 2.75) is 19.4 Å². The first kappa shape index (κ1) is 14.5. The Morgan fingerprint density at radius 1 is 1.55 bits per heavy atom. The fourth-order valence-electron chi connectivity index (χ4n) is 2.17. The minimum atomic E-state index is -0.133. The number of nitrogens with zero attached hydrogens (tertiary/aromatic N) is 3. The topological polar surface area (TPSA) is 75.6 Å². The molecule has 0 saturated carbocycles. The van der Waals surface area contributed by atoms with Crippen LogP contribution in [0.15, 0.2) is 41.6 Å². The minimum absolute atomic E-state index is 0.133. The van der Waals surface area contributed by atoms with Gasteiger partial charge in [-0.05, 0) is 30.9 Å². The van der Waals surface area contributed by atoms with Crippen molar-refractivity contribution >= 4 is 17.2 Å². The molecule has 3 heterocycles. The number of carbonyl (C=O) groups excluding carboxylic acids is 1. The van der Waals surface area contributed by atoms with E-state index in [0.29, 0.717) is 18.3 Å². The van der Waals surface area contributed by atoms with E-state index in [-0.39, 0.29) is 5.91 Å². The van der Waals surface area contributed by atoms with Gasteiger partial charge in [0.05, 0.1) is 12.0 Å². The monoisotopic (exact) mass is 315 g/mol. The van der Waals surface area contributed by atoms with Gasteiger partial charge < -0.3 is 9.88 Å². The third-order valence-corrected chi connectivity index (χ3v) is 4.20. The van der Waals surface area contributed by atoms with Crippen LogP contribution < -0.4 is 5.32 Å². The first-order chi connectivity index (χ1) is 10.7. The SMILES string of the molecule is CC(CCNC(=O)c1cc(-c2ccsc2)n[nH]1)n1ccnc1. The molecule has 0 spiro atoms. The largest absolute Gasteiger partial charge is 0.351 e. The fourth-order valence-corrected chi connectivity index (χ4v) is 2.81. The van der Waals surface area contributed by atoms with Gasteiger partial charge in [0.1, 0.15) is 5.69 Å². The highest BCUT2D eigenvalue weighted by Crippen LogP contribution is 2.20. The second-order valence-electron chi connectivity index (χ2n) is 5.08. The quantitative estimate of drug-likeness (QED) is 0.734. The summed E-state index contributed by atoms with van der Waals surface area (Å²) in [6.45, 7) is 2.70. The zero-order valence-corrected chi connectivity index (χ0v) is 13.0. The van der Waals surface area contributed by atoms with Gasteiger partial charge >= 0.3 is 0 Å². The summed E-state index contributed by atoms with van der Waals surface area (Å²) >= 11 is 1.61. The van der Waals surface area contributed by atoms with Crippen molar-refractivity contribution in [2.75, 3.05) is 6.54 Å². The number of H-pyrrole nitrogens is 1. The maximum atomic E-state index is 12.1. The molecule has 3 rings (SSSR count). The third kappa shape index (κ3) is 3.25. The average molecular weight is 315 g/mol. The van der Waals surface area contributed by atoms with Gasteiger partial charge in [0, 0.05) is 35.9 Å². The van der Waals surface area contributed by atoms with Gasteiger partial charge in [-0.25, -0.2) is 4.98 Å². The molecule has 0 aliphatic carbocycles. The van der Waals surface area contributed by atoms with Crippen molar-refractivity contribution in [1.29, 1.82) is 0 Å². The predicted molar refractivity (Wildman–Crippen MR) is 85.8 cm³/mol. The number of thiophene rings is 1. The predicted octanol–water partition coefficient (Wildman–Crippen LogP) is 2.72. The molecular weight excluding hydrogens is 298 g/mol. The van der Waals surface area contributed by atoms with Gasteiger partial charge in [-0.2, -0.15) is 16.4 Å². The highest BCUT2D eigenvalue weighted by atomic mass is 32.1. The van der Waals surface area contributed by atoms with Gasteiger partial charge in [0.25, 0.3) is 5.91 Å². The zero-order valence-electron chi connectivity index (χ0n) is 12.2. The maximum absolute atomic E-state index is 12.1. The fraction of sp³-hybridized carbons (Fsp3) is 0.267. The molecule has 1 amide bonds. The number of imidazole rings is 1. The maximum Gasteiger partial charge on any atom is 0.269 e. The number of aromatic amines is 1. The minimum Gasteiger partial charge on any atom is -0.351 e. The van der Waals surface area contributed by atoms with E-state index in [1.807, 2.05) is 27.6 Å². The Morgan fingerprint density at radius 3 is 3.18 bits per heavy atom. The Balaban J connectivity index is 1.52. The molecular formula is C15H17N5OS. The molecule has 2 N–H and O–H groups in total. The van der Waals surface area contributed by atoms with Crippen molar-refractivity contribution in [2.24, 2.45) is 0 Å². The van der Waals surface area contributed by atoms with Crippen LogP contribution >= 0.6 is 11.3 Å². The molecule has 0 bridgehead atoms. The molecule has 7 heteroatoms. The van der Waals surface area contributed by atoms with Crippen LogP contribution in [0.25, 0.3) is 11.3 Å². The lowest BCUT2D eigenvalue weighted by Crippen LogP contribution is -2.26. The summed E-state index contributed by atoms with van der Waals surface area (Å²) in [7, 11) is 0. The summed E-state index contributed by atoms with van der Waals surface area (Å²) in [6.07, 6.45) is 6.31. The van der Waals surface area contributed by atoms with Crippen molar-refractivity contribution in [1.82, 2.24) is 25.1 Å². The molecule has 3 aromatic heterocycles. The first-order valence-electron chi connectivity index (χ1n) is 7.07. The molecule has 0 saturated heterocycles. The zero-order chi connectivity index (χ0) is 15.4. The smallest absolute Gasteiger partial charge is 0.269 e. The highest BCUT2D eigenvalue weighted by molar-refractivity contribution is 7.08. The summed E-state index contributed by atoms with van der Waals surface area (Å²) < 4.78 is 2.02. The van der Waals surface area contributed by atoms with E-state index < -0.39 is 0 Å². The van der Waals surface area contributed by atoms with Gasteiger partial charge in [-0.1, -0.05) is 0 Å². The molecule has 0 fully saturated rings. The Labute approximate surface area is 132 Å². The first-order valence-corrected chi connectivity index (χ1v) is 8.02. The number of rotatable bonds is 6. The van der Waals surface area contributed by atoms with E-state index in [4.69, 9.17) is 0 Å². The molecule has 1 atom stereocenters. The normalized spacial score (nSPS) is 12.2. The lowest BCUT2D eigenvalue weighted by Gasteiger charge is -2.12. The molecule has 0 aliphatic heterocycles. The molecule has 3 aromatic rings. The molecule has 114 valence electrons. The van der Waals surface area contributed by atoms with E-state index in [1.165, 1.54) is 0 Å². The summed E-state index contributed by atoms with van der Waals surface area (Å²) in [5.41, 5.74) is 2.30. The lowest BCUT2D eigenvalue weighted by molar-refractivity contribution is 0.0947. The van der Waals surface area contributed by atoms with Crippen molar-refractivity contribution in [3.05, 3.63) is 47.3 Å². The Morgan fingerprint density at radius 2 is 2.45 bits per heavy atom. The number of hydrogen-bond acceptors (Lipinski definition) is 4. The van der Waals surface area contributed by atoms with Crippen LogP contribution in [0.1, 0.15) is 29.9 Å². The number of hydrogen-bond donors (Lipinski definition) is 2. The van der Waals surface area contributed by atoms with Crippen LogP contribution in [0.4, 0.5) is 0 Å². The molecule has 6 nitrogen and oxygen atoms in total. The molecule has 0 aromatic carbocycles. The number of amides is 1. The van der Waals surface area contributed by atoms with Crippen LogP contribution in [0.3, 0.4) is 0 Å².